The van der Waals surface area contributed by atoms with Crippen LogP contribution in [0.3, 0.4) is 0 Å². The maximum Gasteiger partial charge on any atom is 0.0996 e. The van der Waals surface area contributed by atoms with E-state index < -0.39 is 10.1 Å². The molecule has 0 saturated carbocycles. The van der Waals surface area contributed by atoms with Gasteiger partial charge in [-0.25, -0.2) is 8.42 Å². The van der Waals surface area contributed by atoms with Crippen molar-refractivity contribution in [3.05, 3.63) is 24.3 Å². The van der Waals surface area contributed by atoms with E-state index in [0.29, 0.717) is 6.26 Å². The fourth-order valence-electron chi connectivity index (χ4n) is 1.52. The molecule has 0 unspecified atom stereocenters. The maximum atomic E-state index is 9.08. The molecule has 0 saturated heterocycles. The maximum absolute atomic E-state index is 9.08. The Morgan fingerprint density at radius 2 is 1.31 bits per heavy atom. The number of quaternary nitrogens is 1. The lowest BCUT2D eigenvalue weighted by Crippen LogP contribution is -2.41. The Kier molecular flexibility index (Phi) is 7.57. The van der Waals surface area contributed by atoms with Crippen LogP contribution in [0.1, 0.15) is 13.8 Å². The molecule has 0 aliphatic heterocycles. The Morgan fingerprint density at radius 1 is 1.12 bits per heavy atom. The quantitative estimate of drug-likeness (QED) is 0.429. The zero-order valence-electron chi connectivity index (χ0n) is 10.9. The molecule has 0 spiro atoms. The van der Waals surface area contributed by atoms with Gasteiger partial charge in [0.05, 0.1) is 37.3 Å². The van der Waals surface area contributed by atoms with Crippen LogP contribution in [0, 0.1) is 0 Å². The normalized spacial score (nSPS) is 11.4. The average Bonchev–Trinajstić information content (AvgIpc) is 1.72. The average molecular weight is 249 g/mol. The van der Waals surface area contributed by atoms with Gasteiger partial charge in [-0.15, -0.1) is 0 Å². The fourth-order valence-corrected chi connectivity index (χ4v) is 1.52. The Balaban J connectivity index is 0. The van der Waals surface area contributed by atoms with E-state index in [2.05, 4.69) is 41.1 Å². The zero-order chi connectivity index (χ0) is 13.6. The predicted octanol–water partition coefficient (Wildman–Crippen LogP) is 1.38. The molecule has 0 atom stereocenters. The SMILES string of the molecule is C=C(C)C[N+](C)(C)CC(=C)C.CS(=O)(=O)[O-]. The van der Waals surface area contributed by atoms with E-state index in [-0.39, 0.29) is 0 Å². The third-order valence-electron chi connectivity index (χ3n) is 1.40. The minimum absolute atomic E-state index is 0.604. The topological polar surface area (TPSA) is 57.2 Å². The van der Waals surface area contributed by atoms with Crippen molar-refractivity contribution in [2.45, 2.75) is 13.8 Å². The second-order valence-corrected chi connectivity index (χ2v) is 6.28. The monoisotopic (exact) mass is 249 g/mol. The molecular formula is C11H23NO3S. The van der Waals surface area contributed by atoms with Crippen LogP contribution in [-0.2, 0) is 10.1 Å². The molecule has 96 valence electrons. The molecule has 0 fully saturated rings. The number of hydrogen-bond donors (Lipinski definition) is 0. The molecule has 0 heterocycles. The Labute approximate surface area is 99.6 Å². The molecule has 0 amide bonds. The first-order valence-corrected chi connectivity index (χ1v) is 6.67. The number of nitrogens with zero attached hydrogens (tertiary/aromatic N) is 1. The van der Waals surface area contributed by atoms with Crippen molar-refractivity contribution in [1.29, 1.82) is 0 Å². The summed E-state index contributed by atoms with van der Waals surface area (Å²) in [5.74, 6) is 0. The van der Waals surface area contributed by atoms with E-state index in [4.69, 9.17) is 13.0 Å². The second-order valence-electron chi connectivity index (χ2n) is 4.87. The first-order chi connectivity index (χ1) is 6.83. The Hall–Kier alpha value is -0.650. The van der Waals surface area contributed by atoms with Gasteiger partial charge < -0.3 is 9.04 Å². The minimum Gasteiger partial charge on any atom is -0.748 e. The fraction of sp³-hybridized carbons (Fsp3) is 0.636. The van der Waals surface area contributed by atoms with E-state index in [1.54, 1.807) is 0 Å². The van der Waals surface area contributed by atoms with Crippen LogP contribution in [0.15, 0.2) is 24.3 Å². The third kappa shape index (κ3) is 23.3. The van der Waals surface area contributed by atoms with Gasteiger partial charge >= 0.3 is 0 Å². The van der Waals surface area contributed by atoms with Gasteiger partial charge in [0.25, 0.3) is 0 Å². The summed E-state index contributed by atoms with van der Waals surface area (Å²) in [7, 11) is 0.479. The molecule has 0 bridgehead atoms. The molecular weight excluding hydrogens is 226 g/mol. The van der Waals surface area contributed by atoms with Gasteiger partial charge in [0, 0.05) is 6.26 Å². The van der Waals surface area contributed by atoms with Gasteiger partial charge in [-0.05, 0) is 25.0 Å². The van der Waals surface area contributed by atoms with E-state index >= 15 is 0 Å². The van der Waals surface area contributed by atoms with Crippen molar-refractivity contribution in [3.63, 3.8) is 0 Å². The summed E-state index contributed by atoms with van der Waals surface area (Å²) in [6.07, 6.45) is 0.604. The molecule has 4 nitrogen and oxygen atoms in total. The first-order valence-electron chi connectivity index (χ1n) is 4.85. The number of hydrogen-bond acceptors (Lipinski definition) is 3. The summed E-state index contributed by atoms with van der Waals surface area (Å²) in [5.41, 5.74) is 2.47. The highest BCUT2D eigenvalue weighted by molar-refractivity contribution is 7.84. The molecule has 0 aromatic heterocycles. The Morgan fingerprint density at radius 3 is 1.44 bits per heavy atom. The van der Waals surface area contributed by atoms with Crippen LogP contribution in [0.5, 0.6) is 0 Å². The van der Waals surface area contributed by atoms with Crippen LogP contribution >= 0.6 is 0 Å². The summed E-state index contributed by atoms with van der Waals surface area (Å²) in [6, 6.07) is 0. The van der Waals surface area contributed by atoms with Crippen molar-refractivity contribution in [3.8, 4) is 0 Å². The molecule has 0 N–H and O–H groups in total. The molecule has 16 heavy (non-hydrogen) atoms. The lowest BCUT2D eigenvalue weighted by molar-refractivity contribution is -0.880. The molecule has 0 aromatic carbocycles. The lowest BCUT2D eigenvalue weighted by Gasteiger charge is -2.30. The van der Waals surface area contributed by atoms with Gasteiger partial charge in [0.1, 0.15) is 0 Å². The highest BCUT2D eigenvalue weighted by Gasteiger charge is 2.14. The van der Waals surface area contributed by atoms with Gasteiger partial charge in [-0.2, -0.15) is 0 Å². The summed E-state index contributed by atoms with van der Waals surface area (Å²) >= 11 is 0. The van der Waals surface area contributed by atoms with Gasteiger partial charge in [-0.3, -0.25) is 0 Å². The minimum atomic E-state index is -3.92. The Bertz CT molecular complexity index is 316. The first kappa shape index (κ1) is 17.7. The van der Waals surface area contributed by atoms with Crippen molar-refractivity contribution < 1.29 is 17.5 Å². The lowest BCUT2D eigenvalue weighted by atomic mass is 10.2. The second kappa shape index (κ2) is 6.83. The van der Waals surface area contributed by atoms with E-state index in [1.165, 1.54) is 11.1 Å². The molecule has 0 aliphatic rings. The van der Waals surface area contributed by atoms with Crippen molar-refractivity contribution in [1.82, 2.24) is 0 Å². The summed E-state index contributed by atoms with van der Waals surface area (Å²) in [4.78, 5) is 0. The van der Waals surface area contributed by atoms with E-state index in [9.17, 15) is 0 Å². The summed E-state index contributed by atoms with van der Waals surface area (Å²) in [6.45, 7) is 14.0. The number of likely N-dealkylation sites (N-methyl/N-ethyl adjacent to an activating group) is 1. The van der Waals surface area contributed by atoms with E-state index in [0.717, 1.165) is 17.6 Å². The summed E-state index contributed by atoms with van der Waals surface area (Å²) in [5, 5.41) is 0. The van der Waals surface area contributed by atoms with Gasteiger partial charge in [-0.1, -0.05) is 13.2 Å². The number of rotatable bonds is 4. The van der Waals surface area contributed by atoms with Crippen LogP contribution in [0.4, 0.5) is 0 Å². The molecule has 5 heteroatoms. The van der Waals surface area contributed by atoms with Gasteiger partial charge in [0.2, 0.25) is 0 Å². The van der Waals surface area contributed by atoms with Crippen LogP contribution < -0.4 is 0 Å². The highest BCUT2D eigenvalue weighted by atomic mass is 32.2. The third-order valence-corrected chi connectivity index (χ3v) is 1.40. The zero-order valence-corrected chi connectivity index (χ0v) is 11.7. The summed E-state index contributed by atoms with van der Waals surface area (Å²) < 4.78 is 28.2. The van der Waals surface area contributed by atoms with Crippen LogP contribution in [0.25, 0.3) is 0 Å². The van der Waals surface area contributed by atoms with Crippen LogP contribution in [0.2, 0.25) is 0 Å². The van der Waals surface area contributed by atoms with Crippen molar-refractivity contribution in [2.75, 3.05) is 33.4 Å². The van der Waals surface area contributed by atoms with Crippen molar-refractivity contribution >= 4 is 10.1 Å². The molecule has 0 radical (unpaired) electrons. The predicted molar refractivity (Wildman–Crippen MR) is 67.1 cm³/mol. The van der Waals surface area contributed by atoms with Gasteiger partial charge in [0.15, 0.2) is 0 Å². The van der Waals surface area contributed by atoms with Crippen molar-refractivity contribution in [2.24, 2.45) is 0 Å². The highest BCUT2D eigenvalue weighted by Crippen LogP contribution is 2.05. The van der Waals surface area contributed by atoms with Crippen LogP contribution in [-0.4, -0.2) is 50.9 Å². The van der Waals surface area contributed by atoms with E-state index in [1.807, 2.05) is 0 Å². The largest absolute Gasteiger partial charge is 0.748 e. The molecule has 0 rings (SSSR count). The molecule has 0 aliphatic carbocycles. The standard InChI is InChI=1S/C10H20N.CH4O3S/c1-9(2)7-11(5,6)8-10(3)4;1-5(2,3)4/h1,3,7-8H2,2,4-6H3;1H3,(H,2,3,4)/q+1;/p-1. The smallest absolute Gasteiger partial charge is 0.0996 e. The molecule has 0 aromatic rings.